The predicted octanol–water partition coefficient (Wildman–Crippen LogP) is 2.75. The highest BCUT2D eigenvalue weighted by Crippen LogP contribution is 2.21. The fourth-order valence-electron chi connectivity index (χ4n) is 1.48. The Labute approximate surface area is 91.9 Å². The molecule has 0 amide bonds. The Hall–Kier alpha value is -2.36. The van der Waals surface area contributed by atoms with Crippen molar-refractivity contribution in [2.45, 2.75) is 0 Å². The van der Waals surface area contributed by atoms with Crippen molar-refractivity contribution >= 4 is 10.9 Å². The van der Waals surface area contributed by atoms with E-state index in [0.29, 0.717) is 5.88 Å². The van der Waals surface area contributed by atoms with E-state index in [2.05, 4.69) is 15.2 Å². The van der Waals surface area contributed by atoms with Crippen molar-refractivity contribution in [1.82, 2.24) is 15.2 Å². The van der Waals surface area contributed by atoms with Gasteiger partial charge in [0.15, 0.2) is 0 Å². The lowest BCUT2D eigenvalue weighted by Gasteiger charge is -2.03. The Bertz CT molecular complexity index is 604. The third kappa shape index (κ3) is 1.61. The lowest BCUT2D eigenvalue weighted by atomic mass is 10.3. The van der Waals surface area contributed by atoms with Gasteiger partial charge in [-0.15, -0.1) is 0 Å². The van der Waals surface area contributed by atoms with E-state index < -0.39 is 0 Å². The third-order valence-corrected chi connectivity index (χ3v) is 2.26. The van der Waals surface area contributed by atoms with Crippen LogP contribution in [-0.4, -0.2) is 15.2 Å². The van der Waals surface area contributed by atoms with Crippen LogP contribution >= 0.6 is 0 Å². The van der Waals surface area contributed by atoms with Crippen molar-refractivity contribution < 1.29 is 4.74 Å². The summed E-state index contributed by atoms with van der Waals surface area (Å²) >= 11 is 0. The van der Waals surface area contributed by atoms with Crippen LogP contribution in [0.3, 0.4) is 0 Å². The minimum Gasteiger partial charge on any atom is -0.439 e. The van der Waals surface area contributed by atoms with Gasteiger partial charge in [-0.1, -0.05) is 18.2 Å². The van der Waals surface area contributed by atoms with Crippen LogP contribution in [0.15, 0.2) is 48.8 Å². The molecule has 2 heterocycles. The number of nitrogens with zero attached hydrogens (tertiary/aromatic N) is 2. The first-order valence-electron chi connectivity index (χ1n) is 4.94. The highest BCUT2D eigenvalue weighted by atomic mass is 16.5. The van der Waals surface area contributed by atoms with Crippen LogP contribution in [0.5, 0.6) is 11.6 Å². The molecule has 3 rings (SSSR count). The topological polar surface area (TPSA) is 50.8 Å². The molecule has 0 saturated heterocycles. The van der Waals surface area contributed by atoms with E-state index in [0.717, 1.165) is 16.7 Å². The van der Waals surface area contributed by atoms with E-state index in [4.69, 9.17) is 4.74 Å². The van der Waals surface area contributed by atoms with Gasteiger partial charge in [0.2, 0.25) is 5.88 Å². The summed E-state index contributed by atoms with van der Waals surface area (Å²) in [5.74, 6) is 1.33. The van der Waals surface area contributed by atoms with Gasteiger partial charge in [-0.3, -0.25) is 5.10 Å². The molecule has 1 N–H and O–H groups in total. The molecule has 0 spiro atoms. The van der Waals surface area contributed by atoms with Gasteiger partial charge < -0.3 is 4.74 Å². The SMILES string of the molecule is c1ccc(Oc2cc3[nH]ncc3cn2)cc1. The van der Waals surface area contributed by atoms with E-state index in [1.54, 1.807) is 12.4 Å². The quantitative estimate of drug-likeness (QED) is 0.709. The molecule has 0 unspecified atom stereocenters. The van der Waals surface area contributed by atoms with Crippen molar-refractivity contribution in [3.63, 3.8) is 0 Å². The number of rotatable bonds is 2. The number of fused-ring (bicyclic) bond motifs is 1. The summed E-state index contributed by atoms with van der Waals surface area (Å²) in [4.78, 5) is 4.19. The van der Waals surface area contributed by atoms with Gasteiger partial charge in [-0.25, -0.2) is 4.98 Å². The molecule has 2 aromatic heterocycles. The number of aromatic nitrogens is 3. The Morgan fingerprint density at radius 2 is 1.94 bits per heavy atom. The van der Waals surface area contributed by atoms with Crippen LogP contribution in [0.1, 0.15) is 0 Å². The number of H-pyrrole nitrogens is 1. The number of ether oxygens (including phenoxy) is 1. The first kappa shape index (κ1) is 8.91. The average Bonchev–Trinajstić information content (AvgIpc) is 2.77. The minimum atomic E-state index is 0.558. The lowest BCUT2D eigenvalue weighted by Crippen LogP contribution is -1.86. The van der Waals surface area contributed by atoms with E-state index in [-0.39, 0.29) is 0 Å². The molecule has 1 aromatic carbocycles. The van der Waals surface area contributed by atoms with Crippen LogP contribution in [0.4, 0.5) is 0 Å². The molecular formula is C12H9N3O. The summed E-state index contributed by atoms with van der Waals surface area (Å²) in [6.07, 6.45) is 3.46. The van der Waals surface area contributed by atoms with Gasteiger partial charge in [-0.05, 0) is 12.1 Å². The number of pyridine rings is 1. The number of para-hydroxylation sites is 1. The van der Waals surface area contributed by atoms with Crippen molar-refractivity contribution in [2.75, 3.05) is 0 Å². The number of aromatic amines is 1. The molecule has 0 fully saturated rings. The maximum Gasteiger partial charge on any atom is 0.221 e. The zero-order valence-corrected chi connectivity index (χ0v) is 8.42. The van der Waals surface area contributed by atoms with Gasteiger partial charge in [0.05, 0.1) is 11.7 Å². The van der Waals surface area contributed by atoms with Gasteiger partial charge in [-0.2, -0.15) is 5.10 Å². The second-order valence-corrected chi connectivity index (χ2v) is 3.39. The first-order valence-corrected chi connectivity index (χ1v) is 4.94. The lowest BCUT2D eigenvalue weighted by molar-refractivity contribution is 0.464. The highest BCUT2D eigenvalue weighted by Gasteiger charge is 2.01. The molecule has 0 aliphatic rings. The number of hydrogen-bond acceptors (Lipinski definition) is 3. The molecule has 0 saturated carbocycles. The molecule has 78 valence electrons. The van der Waals surface area contributed by atoms with Crippen molar-refractivity contribution in [3.05, 3.63) is 48.8 Å². The summed E-state index contributed by atoms with van der Waals surface area (Å²) in [5.41, 5.74) is 0.918. The summed E-state index contributed by atoms with van der Waals surface area (Å²) in [6, 6.07) is 11.4. The second kappa shape index (κ2) is 3.66. The Balaban J connectivity index is 1.94. The van der Waals surface area contributed by atoms with Gasteiger partial charge in [0.25, 0.3) is 0 Å². The van der Waals surface area contributed by atoms with Gasteiger partial charge >= 0.3 is 0 Å². The van der Waals surface area contributed by atoms with Crippen LogP contribution in [0.2, 0.25) is 0 Å². The molecular weight excluding hydrogens is 202 g/mol. The summed E-state index contributed by atoms with van der Waals surface area (Å²) in [6.45, 7) is 0. The normalized spacial score (nSPS) is 10.5. The molecule has 16 heavy (non-hydrogen) atoms. The highest BCUT2D eigenvalue weighted by molar-refractivity contribution is 5.77. The van der Waals surface area contributed by atoms with E-state index >= 15 is 0 Å². The fraction of sp³-hybridized carbons (Fsp3) is 0. The standard InChI is InChI=1S/C12H9N3O/c1-2-4-10(5-3-1)16-12-6-11-9(7-13-12)8-14-15-11/h1-8H,(H,14,15). The van der Waals surface area contributed by atoms with E-state index in [1.807, 2.05) is 36.4 Å². The zero-order chi connectivity index (χ0) is 10.8. The van der Waals surface area contributed by atoms with Crippen LogP contribution in [0.25, 0.3) is 10.9 Å². The summed E-state index contributed by atoms with van der Waals surface area (Å²) in [5, 5.41) is 7.78. The van der Waals surface area contributed by atoms with E-state index in [9.17, 15) is 0 Å². The zero-order valence-electron chi connectivity index (χ0n) is 8.42. The van der Waals surface area contributed by atoms with Crippen molar-refractivity contribution in [1.29, 1.82) is 0 Å². The van der Waals surface area contributed by atoms with E-state index in [1.165, 1.54) is 0 Å². The molecule has 0 aliphatic carbocycles. The van der Waals surface area contributed by atoms with Crippen LogP contribution in [-0.2, 0) is 0 Å². The minimum absolute atomic E-state index is 0.558. The maximum atomic E-state index is 5.60. The van der Waals surface area contributed by atoms with Crippen LogP contribution < -0.4 is 4.74 Å². The molecule has 3 aromatic rings. The van der Waals surface area contributed by atoms with Gasteiger partial charge in [0, 0.05) is 17.6 Å². The molecule has 0 radical (unpaired) electrons. The second-order valence-electron chi connectivity index (χ2n) is 3.39. The van der Waals surface area contributed by atoms with Crippen LogP contribution in [0, 0.1) is 0 Å². The molecule has 0 bridgehead atoms. The average molecular weight is 211 g/mol. The summed E-state index contributed by atoms with van der Waals surface area (Å²) in [7, 11) is 0. The predicted molar refractivity (Wildman–Crippen MR) is 60.4 cm³/mol. The smallest absolute Gasteiger partial charge is 0.221 e. The largest absolute Gasteiger partial charge is 0.439 e. The first-order chi connectivity index (χ1) is 7.92. The maximum absolute atomic E-state index is 5.60. The Morgan fingerprint density at radius 1 is 1.06 bits per heavy atom. The Morgan fingerprint density at radius 3 is 2.81 bits per heavy atom. The Kier molecular flexibility index (Phi) is 2.04. The van der Waals surface area contributed by atoms with Crippen molar-refractivity contribution in [3.8, 4) is 11.6 Å². The molecule has 0 atom stereocenters. The summed E-state index contributed by atoms with van der Waals surface area (Å²) < 4.78 is 5.60. The monoisotopic (exact) mass is 211 g/mol. The number of hydrogen-bond donors (Lipinski definition) is 1. The fourth-order valence-corrected chi connectivity index (χ4v) is 1.48. The molecule has 0 aliphatic heterocycles. The van der Waals surface area contributed by atoms with Crippen molar-refractivity contribution in [2.24, 2.45) is 0 Å². The third-order valence-electron chi connectivity index (χ3n) is 2.26. The molecule has 4 nitrogen and oxygen atoms in total. The number of nitrogens with one attached hydrogen (secondary N) is 1. The van der Waals surface area contributed by atoms with Gasteiger partial charge in [0.1, 0.15) is 5.75 Å². The number of benzene rings is 1. The molecule has 4 heteroatoms.